The van der Waals surface area contributed by atoms with Gasteiger partial charge >= 0.3 is 0 Å². The second-order valence-corrected chi connectivity index (χ2v) is 7.04. The van der Waals surface area contributed by atoms with Gasteiger partial charge < -0.3 is 5.32 Å². The quantitative estimate of drug-likeness (QED) is 0.747. The zero-order valence-electron chi connectivity index (χ0n) is 10.7. The highest BCUT2D eigenvalue weighted by Gasteiger charge is 2.09. The van der Waals surface area contributed by atoms with Crippen molar-refractivity contribution in [1.29, 1.82) is 0 Å². The Labute approximate surface area is 114 Å². The van der Waals surface area contributed by atoms with Crippen LogP contribution in [0.4, 0.5) is 5.69 Å². The molecule has 1 aromatic rings. The summed E-state index contributed by atoms with van der Waals surface area (Å²) in [6.45, 7) is 2.49. The average molecular weight is 290 g/mol. The molecule has 3 nitrogen and oxygen atoms in total. The lowest BCUT2D eigenvalue weighted by molar-refractivity contribution is 0.591. The molecule has 0 aliphatic heterocycles. The monoisotopic (exact) mass is 289 g/mol. The van der Waals surface area contributed by atoms with Gasteiger partial charge in [0.25, 0.3) is 0 Å². The molecule has 18 heavy (non-hydrogen) atoms. The molecule has 0 bridgehead atoms. The number of nitrogens with one attached hydrogen (secondary N) is 1. The number of benzene rings is 1. The molecule has 1 aromatic carbocycles. The van der Waals surface area contributed by atoms with Crippen LogP contribution in [-0.4, -0.2) is 26.5 Å². The summed E-state index contributed by atoms with van der Waals surface area (Å²) in [5.41, 5.74) is 0.853. The van der Waals surface area contributed by atoms with Gasteiger partial charge in [0.1, 0.15) is 0 Å². The van der Waals surface area contributed by atoms with E-state index in [1.807, 2.05) is 12.1 Å². The van der Waals surface area contributed by atoms with Crippen molar-refractivity contribution in [2.45, 2.75) is 26.2 Å². The van der Waals surface area contributed by atoms with E-state index in [0.717, 1.165) is 24.9 Å². The van der Waals surface area contributed by atoms with Gasteiger partial charge in [0.2, 0.25) is 0 Å². The molecular weight excluding hydrogens is 270 g/mol. The highest BCUT2D eigenvalue weighted by atomic mass is 35.5. The van der Waals surface area contributed by atoms with Crippen LogP contribution < -0.4 is 5.32 Å². The van der Waals surface area contributed by atoms with Gasteiger partial charge in [-0.3, -0.25) is 0 Å². The van der Waals surface area contributed by atoms with Crippen LogP contribution in [0.5, 0.6) is 0 Å². The molecular formula is C13H20ClNO2S. The summed E-state index contributed by atoms with van der Waals surface area (Å²) >= 11 is 5.84. The molecule has 0 amide bonds. The van der Waals surface area contributed by atoms with Gasteiger partial charge in [-0.05, 0) is 24.6 Å². The molecule has 0 saturated carbocycles. The van der Waals surface area contributed by atoms with E-state index in [0.29, 0.717) is 11.6 Å². The van der Waals surface area contributed by atoms with Crippen molar-refractivity contribution < 1.29 is 8.42 Å². The van der Waals surface area contributed by atoms with Crippen molar-refractivity contribution in [2.24, 2.45) is 0 Å². The Morgan fingerprint density at radius 1 is 1.22 bits per heavy atom. The number of rotatable bonds is 8. The average Bonchev–Trinajstić information content (AvgIpc) is 2.29. The van der Waals surface area contributed by atoms with Crippen LogP contribution in [-0.2, 0) is 9.84 Å². The van der Waals surface area contributed by atoms with E-state index in [1.54, 1.807) is 12.1 Å². The van der Waals surface area contributed by atoms with Crippen LogP contribution in [0, 0.1) is 0 Å². The minimum atomic E-state index is -2.93. The van der Waals surface area contributed by atoms with E-state index >= 15 is 0 Å². The zero-order valence-corrected chi connectivity index (χ0v) is 12.2. The molecule has 0 spiro atoms. The SMILES string of the molecule is CCCCCS(=O)(=O)CCNc1cccc(Cl)c1. The normalized spacial score (nSPS) is 11.4. The molecule has 5 heteroatoms. The van der Waals surface area contributed by atoms with Crippen LogP contribution in [0.3, 0.4) is 0 Å². The topological polar surface area (TPSA) is 46.2 Å². The summed E-state index contributed by atoms with van der Waals surface area (Å²) < 4.78 is 23.4. The number of halogens is 1. The van der Waals surface area contributed by atoms with Crippen LogP contribution in [0.1, 0.15) is 26.2 Å². The molecule has 0 saturated heterocycles. The number of unbranched alkanes of at least 4 members (excludes halogenated alkanes) is 2. The largest absolute Gasteiger partial charge is 0.384 e. The Morgan fingerprint density at radius 2 is 2.00 bits per heavy atom. The van der Waals surface area contributed by atoms with Gasteiger partial charge in [0, 0.05) is 17.3 Å². The molecule has 1 N–H and O–H groups in total. The summed E-state index contributed by atoms with van der Waals surface area (Å²) in [7, 11) is -2.93. The predicted molar refractivity (Wildman–Crippen MR) is 78.1 cm³/mol. The second-order valence-electron chi connectivity index (χ2n) is 4.30. The molecule has 0 aliphatic carbocycles. The van der Waals surface area contributed by atoms with E-state index in [9.17, 15) is 8.42 Å². The molecule has 0 atom stereocenters. The Balaban J connectivity index is 2.32. The first-order valence-corrected chi connectivity index (χ1v) is 8.43. The fourth-order valence-corrected chi connectivity index (χ4v) is 3.07. The highest BCUT2D eigenvalue weighted by Crippen LogP contribution is 2.14. The van der Waals surface area contributed by atoms with Crippen LogP contribution in [0.15, 0.2) is 24.3 Å². The predicted octanol–water partition coefficient (Wildman–Crippen LogP) is 3.36. The van der Waals surface area contributed by atoms with Crippen molar-refractivity contribution in [3.63, 3.8) is 0 Å². The zero-order chi connectivity index (χ0) is 13.4. The summed E-state index contributed by atoms with van der Waals surface area (Å²) in [6.07, 6.45) is 2.77. The summed E-state index contributed by atoms with van der Waals surface area (Å²) in [6, 6.07) is 7.27. The Bertz CT molecular complexity index is 460. The van der Waals surface area contributed by atoms with E-state index in [1.165, 1.54) is 0 Å². The first-order valence-electron chi connectivity index (χ1n) is 6.23. The van der Waals surface area contributed by atoms with Crippen molar-refractivity contribution >= 4 is 27.1 Å². The first-order chi connectivity index (χ1) is 8.53. The van der Waals surface area contributed by atoms with E-state index in [2.05, 4.69) is 12.2 Å². The molecule has 1 rings (SSSR count). The van der Waals surface area contributed by atoms with Gasteiger partial charge in [-0.1, -0.05) is 37.4 Å². The summed E-state index contributed by atoms with van der Waals surface area (Å²) in [5.74, 6) is 0.460. The summed E-state index contributed by atoms with van der Waals surface area (Å²) in [5, 5.41) is 3.71. The first kappa shape index (κ1) is 15.3. The lowest BCUT2D eigenvalue weighted by Gasteiger charge is -2.07. The van der Waals surface area contributed by atoms with Crippen molar-refractivity contribution in [3.05, 3.63) is 29.3 Å². The lowest BCUT2D eigenvalue weighted by Crippen LogP contribution is -2.18. The maximum atomic E-state index is 11.7. The second kappa shape index (κ2) is 7.64. The smallest absolute Gasteiger partial charge is 0.152 e. The van der Waals surface area contributed by atoms with Crippen LogP contribution >= 0.6 is 11.6 Å². The molecule has 0 aliphatic rings. The van der Waals surface area contributed by atoms with E-state index < -0.39 is 9.84 Å². The standard InChI is InChI=1S/C13H20ClNO2S/c1-2-3-4-9-18(16,17)10-8-15-13-7-5-6-12(14)11-13/h5-7,11,15H,2-4,8-10H2,1H3. The maximum absolute atomic E-state index is 11.7. The summed E-state index contributed by atoms with van der Waals surface area (Å²) in [4.78, 5) is 0. The van der Waals surface area contributed by atoms with Gasteiger partial charge in [-0.2, -0.15) is 0 Å². The van der Waals surface area contributed by atoms with Gasteiger partial charge in [-0.25, -0.2) is 8.42 Å². The third-order valence-corrected chi connectivity index (χ3v) is 4.60. The van der Waals surface area contributed by atoms with Gasteiger partial charge in [0.05, 0.1) is 11.5 Å². The maximum Gasteiger partial charge on any atom is 0.152 e. The van der Waals surface area contributed by atoms with Crippen molar-refractivity contribution in [3.8, 4) is 0 Å². The number of anilines is 1. The lowest BCUT2D eigenvalue weighted by atomic mass is 10.3. The third-order valence-electron chi connectivity index (χ3n) is 2.63. The fraction of sp³-hybridized carbons (Fsp3) is 0.538. The number of sulfone groups is 1. The number of hydrogen-bond donors (Lipinski definition) is 1. The minimum Gasteiger partial charge on any atom is -0.384 e. The molecule has 0 fully saturated rings. The Morgan fingerprint density at radius 3 is 2.67 bits per heavy atom. The molecule has 0 aromatic heterocycles. The third kappa shape index (κ3) is 6.26. The van der Waals surface area contributed by atoms with Gasteiger partial charge in [0.15, 0.2) is 9.84 Å². The van der Waals surface area contributed by atoms with E-state index in [-0.39, 0.29) is 11.5 Å². The molecule has 0 unspecified atom stereocenters. The van der Waals surface area contributed by atoms with Gasteiger partial charge in [-0.15, -0.1) is 0 Å². The fourth-order valence-electron chi connectivity index (χ4n) is 1.62. The Hall–Kier alpha value is -0.740. The van der Waals surface area contributed by atoms with Crippen LogP contribution in [0.2, 0.25) is 5.02 Å². The Kier molecular flexibility index (Phi) is 6.50. The minimum absolute atomic E-state index is 0.170. The van der Waals surface area contributed by atoms with E-state index in [4.69, 9.17) is 11.6 Å². The highest BCUT2D eigenvalue weighted by molar-refractivity contribution is 7.91. The van der Waals surface area contributed by atoms with Crippen LogP contribution in [0.25, 0.3) is 0 Å². The van der Waals surface area contributed by atoms with Crippen molar-refractivity contribution in [2.75, 3.05) is 23.4 Å². The number of hydrogen-bond acceptors (Lipinski definition) is 3. The molecule has 102 valence electrons. The van der Waals surface area contributed by atoms with Crippen molar-refractivity contribution in [1.82, 2.24) is 0 Å². The molecule has 0 heterocycles. The molecule has 0 radical (unpaired) electrons.